The lowest BCUT2D eigenvalue weighted by molar-refractivity contribution is -0.122. The van der Waals surface area contributed by atoms with Crippen molar-refractivity contribution in [2.45, 2.75) is 98.8 Å². The first kappa shape index (κ1) is 15.2. The Kier molecular flexibility index (Phi) is 4.13. The van der Waals surface area contributed by atoms with Crippen LogP contribution in [0.2, 0.25) is 0 Å². The largest absolute Gasteiger partial charge is 0.295 e. The second kappa shape index (κ2) is 7.59. The van der Waals surface area contributed by atoms with Gasteiger partial charge in [0.05, 0.1) is 2.74 Å². The van der Waals surface area contributed by atoms with E-state index in [1.54, 1.807) is 0 Å². The van der Waals surface area contributed by atoms with Gasteiger partial charge in [-0.05, 0) is 96.8 Å². The highest BCUT2D eigenvalue weighted by Crippen LogP contribution is 2.67. The Morgan fingerprint density at radius 2 is 1.93 bits per heavy atom. The van der Waals surface area contributed by atoms with E-state index in [0.29, 0.717) is 30.1 Å². The Labute approximate surface area is 181 Å². The van der Waals surface area contributed by atoms with E-state index in [4.69, 9.17) is 5.48 Å². The summed E-state index contributed by atoms with van der Waals surface area (Å²) in [4.78, 5) is 12.6. The maximum absolute atomic E-state index is 12.6. The second-order valence-electron chi connectivity index (χ2n) is 11.3. The summed E-state index contributed by atoms with van der Waals surface area (Å²) in [6, 6.07) is -0.574. The van der Waals surface area contributed by atoms with Gasteiger partial charge in [-0.1, -0.05) is 59.9 Å². The summed E-state index contributed by atoms with van der Waals surface area (Å²) in [7, 11) is 0. The van der Waals surface area contributed by atoms with Crippen molar-refractivity contribution >= 4 is 5.78 Å². The highest BCUT2D eigenvalue weighted by Gasteiger charge is 2.59. The Hall–Kier alpha value is -0.590. The fourth-order valence-electron chi connectivity index (χ4n) is 7.94. The highest BCUT2D eigenvalue weighted by molar-refractivity contribution is 5.91. The molecular weight excluding hydrogens is 340 g/mol. The van der Waals surface area contributed by atoms with Crippen LogP contribution in [-0.4, -0.2) is 5.78 Å². The zero-order valence-electron chi connectivity index (χ0n) is 23.7. The van der Waals surface area contributed by atoms with E-state index in [9.17, 15) is 6.17 Å². The minimum atomic E-state index is -2.40. The molecule has 0 aromatic carbocycles. The molecule has 3 saturated carbocycles. The molecule has 0 aromatic rings. The molecular formula is C27H44O. The fraction of sp³-hybridized carbons (Fsp3) is 0.889. The standard InChI is InChI=1S/C27H44O/c1-18(2)7-6-8-19(3)23-11-12-24-22-10-9-20-17-21(28)13-15-26(20,4)25(22)14-16-27(23,24)5/h13,15,18-20,22-25H,6-12,14,16-17H2,1-5H3/t19-,20?,22+,23-,24+,25+,26+,27-/m1/s1/i13D,15D,17D2,20D. The average molecular weight is 390 g/mol. The van der Waals surface area contributed by atoms with Gasteiger partial charge in [0.1, 0.15) is 0 Å². The summed E-state index contributed by atoms with van der Waals surface area (Å²) in [6.07, 6.45) is 6.92. The molecule has 0 amide bonds. The number of rotatable bonds is 5. The maximum Gasteiger partial charge on any atom is 0.155 e. The van der Waals surface area contributed by atoms with Crippen LogP contribution in [0.5, 0.6) is 0 Å². The molecule has 4 aliphatic carbocycles. The number of carbonyl (C=O) groups excluding carboxylic acids is 1. The molecule has 0 radical (unpaired) electrons. The van der Waals surface area contributed by atoms with Gasteiger partial charge >= 0.3 is 0 Å². The predicted octanol–water partition coefficient (Wildman–Crippen LogP) is 7.45. The van der Waals surface area contributed by atoms with Crippen LogP contribution in [-0.2, 0) is 4.79 Å². The maximum atomic E-state index is 12.6. The summed E-state index contributed by atoms with van der Waals surface area (Å²) in [6.45, 7) is 11.4. The van der Waals surface area contributed by atoms with Crippen LogP contribution < -0.4 is 0 Å². The molecule has 0 bridgehead atoms. The van der Waals surface area contributed by atoms with Crippen molar-refractivity contribution in [2.75, 3.05) is 0 Å². The number of allylic oxidation sites excluding steroid dienone is 2. The van der Waals surface area contributed by atoms with E-state index >= 15 is 0 Å². The van der Waals surface area contributed by atoms with Crippen molar-refractivity contribution in [1.29, 1.82) is 0 Å². The van der Waals surface area contributed by atoms with Crippen molar-refractivity contribution in [3.05, 3.63) is 12.1 Å². The molecule has 0 aromatic heterocycles. The first-order valence-electron chi connectivity index (χ1n) is 14.5. The van der Waals surface area contributed by atoms with Crippen LogP contribution in [0.25, 0.3) is 0 Å². The van der Waals surface area contributed by atoms with E-state index in [1.807, 2.05) is 6.92 Å². The topological polar surface area (TPSA) is 17.1 Å². The summed E-state index contributed by atoms with van der Waals surface area (Å²) < 4.78 is 43.5. The Morgan fingerprint density at radius 1 is 1.14 bits per heavy atom. The normalized spacial score (nSPS) is 53.9. The van der Waals surface area contributed by atoms with Crippen molar-refractivity contribution in [1.82, 2.24) is 0 Å². The molecule has 158 valence electrons. The molecule has 0 aliphatic heterocycles. The van der Waals surface area contributed by atoms with Crippen LogP contribution >= 0.6 is 0 Å². The quantitative estimate of drug-likeness (QED) is 0.477. The minimum absolute atomic E-state index is 0.00727. The lowest BCUT2D eigenvalue weighted by atomic mass is 9.45. The first-order valence-corrected chi connectivity index (χ1v) is 12.0. The van der Waals surface area contributed by atoms with E-state index in [-0.39, 0.29) is 17.4 Å². The third kappa shape index (κ3) is 3.33. The lowest BCUT2D eigenvalue weighted by Gasteiger charge is -2.59. The van der Waals surface area contributed by atoms with Gasteiger partial charge in [0.15, 0.2) is 5.78 Å². The van der Waals surface area contributed by atoms with E-state index in [0.717, 1.165) is 25.2 Å². The number of hydrogen-bond donors (Lipinski definition) is 0. The SMILES string of the molecule is [2H]C1=C([2H])[C@]2(C)[C@H]3CC[C@]4(C)[C@@H]([C@H](C)CCCC(C)C)CC[C@H]4[C@@H]3CCC2([2H])C([2H])([2H])C1=O. The molecule has 1 unspecified atom stereocenters. The number of fused-ring (bicyclic) bond motifs is 5. The van der Waals surface area contributed by atoms with Crippen LogP contribution in [0.1, 0.15) is 106 Å². The molecule has 4 rings (SSSR count). The molecule has 28 heavy (non-hydrogen) atoms. The Bertz CT molecular complexity index is 836. The minimum Gasteiger partial charge on any atom is -0.295 e. The molecule has 1 nitrogen and oxygen atoms in total. The molecule has 3 fully saturated rings. The van der Waals surface area contributed by atoms with Gasteiger partial charge in [-0.25, -0.2) is 0 Å². The van der Waals surface area contributed by atoms with Gasteiger partial charge in [0.2, 0.25) is 0 Å². The molecule has 8 atom stereocenters. The number of hydrogen-bond acceptors (Lipinski definition) is 1. The van der Waals surface area contributed by atoms with Crippen LogP contribution in [0.15, 0.2) is 12.1 Å². The predicted molar refractivity (Wildman–Crippen MR) is 118 cm³/mol. The Morgan fingerprint density at radius 3 is 2.68 bits per heavy atom. The van der Waals surface area contributed by atoms with Gasteiger partial charge in [-0.2, -0.15) is 0 Å². The van der Waals surface area contributed by atoms with E-state index in [1.165, 1.54) is 32.1 Å². The van der Waals surface area contributed by atoms with Gasteiger partial charge in [-0.3, -0.25) is 4.79 Å². The smallest absolute Gasteiger partial charge is 0.155 e. The summed E-state index contributed by atoms with van der Waals surface area (Å²) in [5.74, 6) is 0.461. The van der Waals surface area contributed by atoms with Crippen LogP contribution in [0.4, 0.5) is 0 Å². The van der Waals surface area contributed by atoms with Gasteiger partial charge in [0, 0.05) is 10.5 Å². The third-order valence-corrected chi connectivity index (χ3v) is 9.43. The van der Waals surface area contributed by atoms with Crippen LogP contribution in [0.3, 0.4) is 0 Å². The molecule has 0 saturated heterocycles. The molecule has 0 N–H and O–H groups in total. The average Bonchev–Trinajstić information content (AvgIpc) is 3.10. The number of carbonyl (C=O) groups is 1. The van der Waals surface area contributed by atoms with E-state index < -0.39 is 29.5 Å². The van der Waals surface area contributed by atoms with E-state index in [2.05, 4.69) is 27.7 Å². The lowest BCUT2D eigenvalue weighted by Crippen LogP contribution is -2.52. The third-order valence-electron chi connectivity index (χ3n) is 9.43. The summed E-state index contributed by atoms with van der Waals surface area (Å²) in [5, 5.41) is 0. The molecule has 0 spiro atoms. The molecule has 0 heterocycles. The van der Waals surface area contributed by atoms with Crippen LogP contribution in [0, 0.1) is 52.2 Å². The highest BCUT2D eigenvalue weighted by atomic mass is 16.1. The van der Waals surface area contributed by atoms with Crippen molar-refractivity contribution in [3.8, 4) is 0 Å². The fourth-order valence-corrected chi connectivity index (χ4v) is 7.94. The van der Waals surface area contributed by atoms with Crippen molar-refractivity contribution in [3.63, 3.8) is 0 Å². The molecule has 1 heteroatoms. The second-order valence-corrected chi connectivity index (χ2v) is 11.3. The van der Waals surface area contributed by atoms with Gasteiger partial charge in [0.25, 0.3) is 0 Å². The summed E-state index contributed by atoms with van der Waals surface area (Å²) in [5.41, 5.74) is -0.803. The molecule has 4 aliphatic rings. The zero-order valence-corrected chi connectivity index (χ0v) is 18.7. The summed E-state index contributed by atoms with van der Waals surface area (Å²) >= 11 is 0. The van der Waals surface area contributed by atoms with Crippen molar-refractivity contribution < 1.29 is 11.6 Å². The monoisotopic (exact) mass is 389 g/mol. The van der Waals surface area contributed by atoms with Gasteiger partial charge < -0.3 is 0 Å². The first-order chi connectivity index (χ1) is 15.2. The Balaban J connectivity index is 1.63. The van der Waals surface area contributed by atoms with Gasteiger partial charge in [-0.15, -0.1) is 0 Å². The van der Waals surface area contributed by atoms with Crippen molar-refractivity contribution in [2.24, 2.45) is 52.2 Å². The number of ketones is 1. The zero-order chi connectivity index (χ0) is 24.6.